The fourth-order valence-electron chi connectivity index (χ4n) is 7.08. The third kappa shape index (κ3) is 9.65. The first kappa shape index (κ1) is 38.2. The van der Waals surface area contributed by atoms with Gasteiger partial charge in [-0.05, 0) is 0 Å². The molecule has 0 heterocycles. The first-order valence-corrected chi connectivity index (χ1v) is 21.9. The van der Waals surface area contributed by atoms with Gasteiger partial charge in [-0.1, -0.05) is 0 Å². The zero-order chi connectivity index (χ0) is 38.5. The second-order valence-electron chi connectivity index (χ2n) is 13.8. The maximum atomic E-state index is 7.75. The van der Waals surface area contributed by atoms with Crippen LogP contribution in [0.15, 0.2) is 243 Å². The van der Waals surface area contributed by atoms with E-state index in [-0.39, 0.29) is 0 Å². The Kier molecular flexibility index (Phi) is 12.7. The SMILES string of the molecule is c1ccc(C([O][Ti]([O]C(c2ccccc2)c2ccccc2)([O]C(c2ccccc2)c2ccccc2)[O]C(c2ccccc2)c2ccccc2)c2ccccc2)cc1. The van der Waals surface area contributed by atoms with Crippen LogP contribution in [0.5, 0.6) is 0 Å². The van der Waals surface area contributed by atoms with Gasteiger partial charge in [0.05, 0.1) is 0 Å². The Morgan fingerprint density at radius 1 is 0.193 bits per heavy atom. The Morgan fingerprint density at radius 2 is 0.316 bits per heavy atom. The summed E-state index contributed by atoms with van der Waals surface area (Å²) in [6.07, 6.45) is -2.39. The van der Waals surface area contributed by atoms with Gasteiger partial charge in [-0.3, -0.25) is 0 Å². The Bertz CT molecular complexity index is 1850. The predicted molar refractivity (Wildman–Crippen MR) is 223 cm³/mol. The Labute approximate surface area is 341 Å². The molecule has 0 saturated carbocycles. The van der Waals surface area contributed by atoms with Crippen LogP contribution in [0.4, 0.5) is 0 Å². The topological polar surface area (TPSA) is 36.9 Å². The summed E-state index contributed by atoms with van der Waals surface area (Å²) in [6.45, 7) is 0. The zero-order valence-corrected chi connectivity index (χ0v) is 33.1. The van der Waals surface area contributed by atoms with E-state index in [1.807, 2.05) is 146 Å². The van der Waals surface area contributed by atoms with E-state index in [0.717, 1.165) is 44.5 Å². The summed E-state index contributed by atoms with van der Waals surface area (Å²) >= 11 is -5.33. The average Bonchev–Trinajstić information content (AvgIpc) is 3.31. The van der Waals surface area contributed by atoms with Crippen LogP contribution in [0.3, 0.4) is 0 Å². The van der Waals surface area contributed by atoms with Gasteiger partial charge >= 0.3 is 343 Å². The van der Waals surface area contributed by atoms with Gasteiger partial charge in [-0.25, -0.2) is 0 Å². The molecule has 0 radical (unpaired) electrons. The van der Waals surface area contributed by atoms with E-state index in [4.69, 9.17) is 13.3 Å². The molecule has 0 aliphatic heterocycles. The van der Waals surface area contributed by atoms with Gasteiger partial charge in [-0.15, -0.1) is 0 Å². The molecular formula is C52H44O4Ti. The summed E-state index contributed by atoms with van der Waals surface area (Å²) in [5.41, 5.74) is 7.65. The first-order chi connectivity index (χ1) is 28.2. The van der Waals surface area contributed by atoms with Gasteiger partial charge in [-0.2, -0.15) is 0 Å². The van der Waals surface area contributed by atoms with E-state index in [1.165, 1.54) is 0 Å². The molecule has 0 N–H and O–H groups in total. The molecule has 0 fully saturated rings. The van der Waals surface area contributed by atoms with Crippen LogP contribution in [0, 0.1) is 0 Å². The van der Waals surface area contributed by atoms with Crippen LogP contribution in [0.1, 0.15) is 68.9 Å². The third-order valence-electron chi connectivity index (χ3n) is 9.87. The van der Waals surface area contributed by atoms with E-state index < -0.39 is 42.6 Å². The van der Waals surface area contributed by atoms with E-state index in [2.05, 4.69) is 97.1 Å². The van der Waals surface area contributed by atoms with E-state index in [1.54, 1.807) is 0 Å². The molecule has 0 aliphatic rings. The minimum atomic E-state index is -5.33. The molecule has 0 aromatic heterocycles. The molecule has 0 amide bonds. The van der Waals surface area contributed by atoms with Crippen molar-refractivity contribution in [3.63, 3.8) is 0 Å². The van der Waals surface area contributed by atoms with Gasteiger partial charge < -0.3 is 0 Å². The summed E-state index contributed by atoms with van der Waals surface area (Å²) in [4.78, 5) is 0. The van der Waals surface area contributed by atoms with Crippen molar-refractivity contribution in [2.75, 3.05) is 0 Å². The van der Waals surface area contributed by atoms with Crippen molar-refractivity contribution >= 4 is 0 Å². The molecule has 8 aromatic carbocycles. The van der Waals surface area contributed by atoms with Gasteiger partial charge in [0, 0.05) is 0 Å². The summed E-state index contributed by atoms with van der Waals surface area (Å²) in [6, 6.07) is 82.2. The second-order valence-corrected chi connectivity index (χ2v) is 16.8. The molecule has 8 rings (SSSR count). The van der Waals surface area contributed by atoms with Gasteiger partial charge in [0.1, 0.15) is 0 Å². The molecule has 0 atom stereocenters. The quantitative estimate of drug-likeness (QED) is 0.0915. The predicted octanol–water partition coefficient (Wildman–Crippen LogP) is 13.0. The molecule has 0 bridgehead atoms. The Morgan fingerprint density at radius 3 is 0.439 bits per heavy atom. The van der Waals surface area contributed by atoms with Crippen LogP contribution in [-0.4, -0.2) is 0 Å². The fourth-order valence-corrected chi connectivity index (χ4v) is 11.1. The van der Waals surface area contributed by atoms with Crippen molar-refractivity contribution < 1.29 is 31.4 Å². The second kappa shape index (κ2) is 19.0. The molecule has 8 aromatic rings. The maximum absolute atomic E-state index is 7.75. The van der Waals surface area contributed by atoms with Crippen molar-refractivity contribution in [3.05, 3.63) is 287 Å². The molecule has 0 unspecified atom stereocenters. The van der Waals surface area contributed by atoms with Crippen molar-refractivity contribution in [2.45, 2.75) is 24.4 Å². The zero-order valence-electron chi connectivity index (χ0n) is 31.5. The van der Waals surface area contributed by atoms with Gasteiger partial charge in [0.25, 0.3) is 0 Å². The molecule has 4 nitrogen and oxygen atoms in total. The Balaban J connectivity index is 1.40. The van der Waals surface area contributed by atoms with Crippen LogP contribution in [0.25, 0.3) is 0 Å². The number of hydrogen-bond donors (Lipinski definition) is 0. The first-order valence-electron chi connectivity index (χ1n) is 19.4. The summed E-state index contributed by atoms with van der Waals surface area (Å²) in [5, 5.41) is 0. The van der Waals surface area contributed by atoms with Crippen molar-refractivity contribution in [1.29, 1.82) is 0 Å². The van der Waals surface area contributed by atoms with Crippen LogP contribution < -0.4 is 0 Å². The molecule has 0 spiro atoms. The minimum absolute atomic E-state index is 0.598. The van der Waals surface area contributed by atoms with Crippen LogP contribution in [-0.2, 0) is 31.4 Å². The van der Waals surface area contributed by atoms with Crippen molar-refractivity contribution in [1.82, 2.24) is 0 Å². The molecule has 280 valence electrons. The molecule has 0 saturated heterocycles. The molecular weight excluding hydrogens is 736 g/mol. The third-order valence-corrected chi connectivity index (χ3v) is 13.1. The van der Waals surface area contributed by atoms with Crippen LogP contribution in [0.2, 0.25) is 0 Å². The van der Waals surface area contributed by atoms with Crippen molar-refractivity contribution in [3.8, 4) is 0 Å². The normalized spacial score (nSPS) is 11.7. The van der Waals surface area contributed by atoms with E-state index >= 15 is 0 Å². The van der Waals surface area contributed by atoms with E-state index in [9.17, 15) is 0 Å². The Hall–Kier alpha value is -5.69. The van der Waals surface area contributed by atoms with E-state index in [0.29, 0.717) is 0 Å². The average molecular weight is 781 g/mol. The van der Waals surface area contributed by atoms with Gasteiger partial charge in [0.2, 0.25) is 0 Å². The van der Waals surface area contributed by atoms with Crippen molar-refractivity contribution in [2.24, 2.45) is 0 Å². The summed E-state index contributed by atoms with van der Waals surface area (Å²) in [7, 11) is 0. The standard InChI is InChI=1S/4C13H11O.Ti/c4*14-13(11-7-3-1-4-8-11)12-9-5-2-6-10-12;/h4*1-10,13H;/q4*-1;+4. The fraction of sp³-hybridized carbons (Fsp3) is 0.0769. The number of benzene rings is 8. The summed E-state index contributed by atoms with van der Waals surface area (Å²) < 4.78 is 31.0. The van der Waals surface area contributed by atoms with Crippen LogP contribution >= 0.6 is 0 Å². The number of hydrogen-bond acceptors (Lipinski definition) is 4. The molecule has 5 heteroatoms. The monoisotopic (exact) mass is 780 g/mol. The summed E-state index contributed by atoms with van der Waals surface area (Å²) in [5.74, 6) is 0. The molecule has 0 aliphatic carbocycles. The molecule has 57 heavy (non-hydrogen) atoms. The number of rotatable bonds is 16. The van der Waals surface area contributed by atoms with Gasteiger partial charge in [0.15, 0.2) is 0 Å².